The highest BCUT2D eigenvalue weighted by Crippen LogP contribution is 2.18. The molecule has 0 aliphatic carbocycles. The maximum atomic E-state index is 5.99. The fraction of sp³-hybridized carbons (Fsp3) is 0.250. The zero-order valence-corrected chi connectivity index (χ0v) is 17.0. The van der Waals surface area contributed by atoms with Gasteiger partial charge in [-0.25, -0.2) is 4.99 Å². The molecule has 2 aromatic carbocycles. The third kappa shape index (κ3) is 5.22. The Bertz CT molecular complexity index is 758. The zero-order valence-electron chi connectivity index (χ0n) is 14.7. The van der Waals surface area contributed by atoms with Crippen molar-refractivity contribution < 1.29 is 0 Å². The summed E-state index contributed by atoms with van der Waals surface area (Å²) < 4.78 is 0. The van der Waals surface area contributed by atoms with Crippen LogP contribution in [-0.4, -0.2) is 19.0 Å². The van der Waals surface area contributed by atoms with E-state index in [1.54, 1.807) is 0 Å². The van der Waals surface area contributed by atoms with Gasteiger partial charge in [0.15, 0.2) is 5.96 Å². The lowest BCUT2D eigenvalue weighted by Crippen LogP contribution is -2.22. The Labute approximate surface area is 166 Å². The molecule has 1 heterocycles. The Kier molecular flexibility index (Phi) is 6.87. The molecular formula is C20H25IN4. The van der Waals surface area contributed by atoms with Crippen LogP contribution >= 0.6 is 24.0 Å². The summed E-state index contributed by atoms with van der Waals surface area (Å²) in [5.74, 6) is 0.436. The lowest BCUT2D eigenvalue weighted by Gasteiger charge is -2.17. The highest BCUT2D eigenvalue weighted by atomic mass is 127. The molecule has 4 nitrogen and oxygen atoms in total. The quantitative estimate of drug-likeness (QED) is 0.319. The largest absolute Gasteiger partial charge is 0.370 e. The van der Waals surface area contributed by atoms with E-state index in [4.69, 9.17) is 5.73 Å². The van der Waals surface area contributed by atoms with Gasteiger partial charge < -0.3 is 16.0 Å². The first kappa shape index (κ1) is 19.3. The van der Waals surface area contributed by atoms with Crippen molar-refractivity contribution in [1.82, 2.24) is 0 Å². The van der Waals surface area contributed by atoms with Gasteiger partial charge in [-0.3, -0.25) is 0 Å². The second-order valence-electron chi connectivity index (χ2n) is 6.17. The number of nitrogens with one attached hydrogen (secondary N) is 1. The third-order valence-electron chi connectivity index (χ3n) is 4.33. The predicted molar refractivity (Wildman–Crippen MR) is 118 cm³/mol. The van der Waals surface area contributed by atoms with Crippen LogP contribution in [0.2, 0.25) is 0 Å². The van der Waals surface area contributed by atoms with Gasteiger partial charge in [-0.05, 0) is 54.8 Å². The number of nitrogens with zero attached hydrogens (tertiary/aromatic N) is 2. The smallest absolute Gasteiger partial charge is 0.193 e. The number of anilines is 2. The normalized spacial score (nSPS) is 13.7. The van der Waals surface area contributed by atoms with Crippen molar-refractivity contribution in [2.75, 3.05) is 23.3 Å². The fourth-order valence-corrected chi connectivity index (χ4v) is 2.68. The van der Waals surface area contributed by atoms with Gasteiger partial charge in [0.2, 0.25) is 0 Å². The molecule has 0 aromatic heterocycles. The van der Waals surface area contributed by atoms with Crippen LogP contribution in [0.5, 0.6) is 0 Å². The molecule has 5 heteroatoms. The molecule has 1 aliphatic heterocycles. The van der Waals surface area contributed by atoms with Crippen molar-refractivity contribution in [3.63, 3.8) is 0 Å². The second kappa shape index (κ2) is 8.89. The third-order valence-corrected chi connectivity index (χ3v) is 4.33. The first-order valence-electron chi connectivity index (χ1n) is 8.25. The van der Waals surface area contributed by atoms with Crippen LogP contribution in [0, 0.1) is 13.8 Å². The van der Waals surface area contributed by atoms with Crippen LogP contribution in [0.3, 0.4) is 0 Å². The van der Waals surface area contributed by atoms with Crippen molar-refractivity contribution in [3.05, 3.63) is 71.3 Å². The van der Waals surface area contributed by atoms with Crippen LogP contribution in [0.1, 0.15) is 16.7 Å². The Morgan fingerprint density at radius 2 is 1.72 bits per heavy atom. The van der Waals surface area contributed by atoms with Gasteiger partial charge in [-0.1, -0.05) is 30.4 Å². The van der Waals surface area contributed by atoms with Gasteiger partial charge in [-0.15, -0.1) is 24.0 Å². The van der Waals surface area contributed by atoms with Gasteiger partial charge in [0.25, 0.3) is 0 Å². The van der Waals surface area contributed by atoms with Crippen LogP contribution in [0.25, 0.3) is 0 Å². The van der Waals surface area contributed by atoms with Crippen molar-refractivity contribution >= 4 is 41.3 Å². The summed E-state index contributed by atoms with van der Waals surface area (Å²) in [6.45, 7) is 6.74. The van der Waals surface area contributed by atoms with Gasteiger partial charge >= 0.3 is 0 Å². The zero-order chi connectivity index (χ0) is 16.9. The Balaban J connectivity index is 0.00000225. The SMILES string of the molecule is Cc1ccc(NC(N)=NCc2ccc(N3CC=CC3)cc2)cc1C.I. The molecule has 0 fully saturated rings. The van der Waals surface area contributed by atoms with Crippen molar-refractivity contribution in [3.8, 4) is 0 Å². The summed E-state index contributed by atoms with van der Waals surface area (Å²) in [5.41, 5.74) is 11.9. The number of benzene rings is 2. The molecule has 0 saturated carbocycles. The van der Waals surface area contributed by atoms with Crippen LogP contribution in [0.15, 0.2) is 59.6 Å². The molecule has 0 spiro atoms. The summed E-state index contributed by atoms with van der Waals surface area (Å²) in [6, 6.07) is 14.7. The maximum absolute atomic E-state index is 5.99. The van der Waals surface area contributed by atoms with Gasteiger partial charge in [0, 0.05) is 24.5 Å². The molecule has 132 valence electrons. The Hall–Kier alpha value is -2.02. The summed E-state index contributed by atoms with van der Waals surface area (Å²) in [4.78, 5) is 6.75. The fourth-order valence-electron chi connectivity index (χ4n) is 2.68. The Morgan fingerprint density at radius 1 is 1.04 bits per heavy atom. The number of nitrogens with two attached hydrogens (primary N) is 1. The molecule has 0 bridgehead atoms. The van der Waals surface area contributed by atoms with Gasteiger partial charge in [0.1, 0.15) is 0 Å². The number of rotatable bonds is 4. The van der Waals surface area contributed by atoms with Crippen LogP contribution in [-0.2, 0) is 6.54 Å². The summed E-state index contributed by atoms with van der Waals surface area (Å²) in [7, 11) is 0. The van der Waals surface area contributed by atoms with E-state index in [1.807, 2.05) is 6.07 Å². The lowest BCUT2D eigenvalue weighted by atomic mass is 10.1. The van der Waals surface area contributed by atoms with Crippen LogP contribution in [0.4, 0.5) is 11.4 Å². The van der Waals surface area contributed by atoms with Crippen molar-refractivity contribution in [2.45, 2.75) is 20.4 Å². The van der Waals surface area contributed by atoms with E-state index in [0.717, 1.165) is 24.3 Å². The molecular weight excluding hydrogens is 423 g/mol. The average Bonchev–Trinajstić information content (AvgIpc) is 3.11. The standard InChI is InChI=1S/C20H24N4.HI/c1-15-5-8-18(13-16(15)2)23-20(21)22-14-17-6-9-19(10-7-17)24-11-3-4-12-24;/h3-10,13H,11-12,14H2,1-2H3,(H3,21,22,23);1H. The van der Waals surface area contributed by atoms with Crippen molar-refractivity contribution in [2.24, 2.45) is 10.7 Å². The van der Waals surface area contributed by atoms with E-state index in [1.165, 1.54) is 16.8 Å². The summed E-state index contributed by atoms with van der Waals surface area (Å²) in [6.07, 6.45) is 4.38. The minimum atomic E-state index is 0. The molecule has 0 saturated heterocycles. The molecule has 1 aliphatic rings. The number of aliphatic imine (C=N–C) groups is 1. The molecule has 2 aromatic rings. The second-order valence-corrected chi connectivity index (χ2v) is 6.17. The van der Waals surface area contributed by atoms with E-state index in [0.29, 0.717) is 12.5 Å². The molecule has 0 unspecified atom stereocenters. The van der Waals surface area contributed by atoms with E-state index in [2.05, 4.69) is 77.6 Å². The van der Waals surface area contributed by atoms with E-state index in [9.17, 15) is 0 Å². The molecule has 3 rings (SSSR count). The topological polar surface area (TPSA) is 53.6 Å². The minimum absolute atomic E-state index is 0. The first-order valence-corrected chi connectivity index (χ1v) is 8.25. The summed E-state index contributed by atoms with van der Waals surface area (Å²) >= 11 is 0. The highest BCUT2D eigenvalue weighted by molar-refractivity contribution is 14.0. The average molecular weight is 448 g/mol. The number of hydrogen-bond acceptors (Lipinski definition) is 2. The number of guanidine groups is 1. The number of hydrogen-bond donors (Lipinski definition) is 2. The summed E-state index contributed by atoms with van der Waals surface area (Å²) in [5, 5.41) is 3.15. The molecule has 0 amide bonds. The lowest BCUT2D eigenvalue weighted by molar-refractivity contribution is 1.000. The van der Waals surface area contributed by atoms with E-state index in [-0.39, 0.29) is 24.0 Å². The van der Waals surface area contributed by atoms with Crippen molar-refractivity contribution in [1.29, 1.82) is 0 Å². The molecule has 25 heavy (non-hydrogen) atoms. The maximum Gasteiger partial charge on any atom is 0.193 e. The van der Waals surface area contributed by atoms with Crippen LogP contribution < -0.4 is 16.0 Å². The molecule has 3 N–H and O–H groups in total. The van der Waals surface area contributed by atoms with E-state index < -0.39 is 0 Å². The Morgan fingerprint density at radius 3 is 2.36 bits per heavy atom. The van der Waals surface area contributed by atoms with Gasteiger partial charge in [-0.2, -0.15) is 0 Å². The first-order chi connectivity index (χ1) is 11.6. The highest BCUT2D eigenvalue weighted by Gasteiger charge is 2.06. The predicted octanol–water partition coefficient (Wildman–Crippen LogP) is 4.22. The molecule has 0 radical (unpaired) electrons. The monoisotopic (exact) mass is 448 g/mol. The molecule has 0 atom stereocenters. The number of halogens is 1. The minimum Gasteiger partial charge on any atom is -0.370 e. The van der Waals surface area contributed by atoms with Gasteiger partial charge in [0.05, 0.1) is 6.54 Å². The number of aryl methyl sites for hydroxylation is 2. The van der Waals surface area contributed by atoms with E-state index >= 15 is 0 Å².